The average molecular weight is 310 g/mol. The molecule has 0 bridgehead atoms. The second-order valence-corrected chi connectivity index (χ2v) is 5.69. The number of aryl methyl sites for hydroxylation is 2. The third-order valence-electron chi connectivity index (χ3n) is 3.65. The van der Waals surface area contributed by atoms with Gasteiger partial charge in [0.15, 0.2) is 0 Å². The van der Waals surface area contributed by atoms with E-state index in [1.54, 1.807) is 0 Å². The summed E-state index contributed by atoms with van der Waals surface area (Å²) < 4.78 is 0. The van der Waals surface area contributed by atoms with Gasteiger partial charge in [-0.2, -0.15) is 0 Å². The van der Waals surface area contributed by atoms with Crippen LogP contribution in [-0.2, 0) is 12.8 Å². The van der Waals surface area contributed by atoms with E-state index in [4.69, 9.17) is 0 Å². The number of halogens is 1. The Bertz CT molecular complexity index is 431. The summed E-state index contributed by atoms with van der Waals surface area (Å²) in [6.07, 6.45) is 5.46. The summed E-state index contributed by atoms with van der Waals surface area (Å²) in [5.74, 6) is 0.0671. The molecule has 1 amide bonds. The van der Waals surface area contributed by atoms with E-state index in [1.807, 2.05) is 6.07 Å². The second kappa shape index (κ2) is 6.37. The van der Waals surface area contributed by atoms with Crippen molar-refractivity contribution >= 4 is 21.8 Å². The first-order chi connectivity index (χ1) is 8.74. The fraction of sp³-hybridized carbons (Fsp3) is 0.533. The minimum absolute atomic E-state index is 0.0671. The molecule has 3 heteroatoms. The number of nitrogens with one attached hydrogen (secondary N) is 1. The van der Waals surface area contributed by atoms with E-state index < -0.39 is 0 Å². The Hall–Kier alpha value is -0.830. The van der Waals surface area contributed by atoms with Crippen LogP contribution in [0, 0.1) is 0 Å². The number of carbonyl (C=O) groups is 1. The van der Waals surface area contributed by atoms with E-state index in [0.29, 0.717) is 0 Å². The molecule has 0 aliphatic heterocycles. The van der Waals surface area contributed by atoms with Gasteiger partial charge in [-0.1, -0.05) is 28.9 Å². The number of carbonyl (C=O) groups excluding carboxylic acids is 1. The summed E-state index contributed by atoms with van der Waals surface area (Å²) in [6, 6.07) is 6.41. The van der Waals surface area contributed by atoms with Gasteiger partial charge in [-0.05, 0) is 55.4 Å². The third kappa shape index (κ3) is 3.14. The molecule has 1 N–H and O–H groups in total. The molecule has 0 saturated heterocycles. The number of hydrogen-bond acceptors (Lipinski definition) is 1. The lowest BCUT2D eigenvalue weighted by molar-refractivity contribution is 0.0935. The van der Waals surface area contributed by atoms with Crippen LogP contribution in [0.5, 0.6) is 0 Å². The van der Waals surface area contributed by atoms with Crippen molar-refractivity contribution in [3.63, 3.8) is 0 Å². The monoisotopic (exact) mass is 309 g/mol. The van der Waals surface area contributed by atoms with Gasteiger partial charge in [0.25, 0.3) is 5.91 Å². The van der Waals surface area contributed by atoms with E-state index in [0.717, 1.165) is 30.2 Å². The zero-order valence-electron chi connectivity index (χ0n) is 10.8. The Kier molecular flexibility index (Phi) is 4.81. The molecule has 0 saturated carbocycles. The lowest BCUT2D eigenvalue weighted by atomic mass is 10.1. The van der Waals surface area contributed by atoms with Crippen LogP contribution in [0.3, 0.4) is 0 Å². The lowest BCUT2D eigenvalue weighted by Gasteiger charge is -2.16. The van der Waals surface area contributed by atoms with E-state index >= 15 is 0 Å². The summed E-state index contributed by atoms with van der Waals surface area (Å²) in [5, 5.41) is 4.03. The molecule has 0 aromatic heterocycles. The molecular weight excluding hydrogens is 290 g/mol. The minimum Gasteiger partial charge on any atom is -0.349 e. The largest absolute Gasteiger partial charge is 0.349 e. The number of rotatable bonds is 5. The highest BCUT2D eigenvalue weighted by Crippen LogP contribution is 2.22. The van der Waals surface area contributed by atoms with E-state index in [2.05, 4.69) is 40.3 Å². The standard InChI is InChI=1S/C15H20BrNO/c1-2-14(8-9-16)17-15(18)13-7-6-11-4-3-5-12(11)10-13/h6-7,10,14H,2-5,8-9H2,1H3,(H,17,18). The molecule has 0 heterocycles. The molecular formula is C15H20BrNO. The van der Waals surface area contributed by atoms with Crippen LogP contribution >= 0.6 is 15.9 Å². The summed E-state index contributed by atoms with van der Waals surface area (Å²) in [7, 11) is 0. The SMILES string of the molecule is CCC(CCBr)NC(=O)c1ccc2c(c1)CCC2. The number of alkyl halides is 1. The summed E-state index contributed by atoms with van der Waals surface area (Å²) >= 11 is 3.43. The Morgan fingerprint density at radius 3 is 2.89 bits per heavy atom. The van der Waals surface area contributed by atoms with Crippen LogP contribution in [0.25, 0.3) is 0 Å². The Balaban J connectivity index is 2.04. The number of fused-ring (bicyclic) bond motifs is 1. The molecule has 0 radical (unpaired) electrons. The Labute approximate surface area is 117 Å². The van der Waals surface area contributed by atoms with Crippen LogP contribution in [0.15, 0.2) is 18.2 Å². The van der Waals surface area contributed by atoms with Gasteiger partial charge in [-0.15, -0.1) is 0 Å². The van der Waals surface area contributed by atoms with Crippen LogP contribution in [0.4, 0.5) is 0 Å². The lowest BCUT2D eigenvalue weighted by Crippen LogP contribution is -2.34. The van der Waals surface area contributed by atoms with Crippen LogP contribution in [0.2, 0.25) is 0 Å². The van der Waals surface area contributed by atoms with Crippen LogP contribution in [0.1, 0.15) is 47.7 Å². The average Bonchev–Trinajstić information content (AvgIpc) is 2.85. The van der Waals surface area contributed by atoms with Gasteiger partial charge < -0.3 is 5.32 Å². The van der Waals surface area contributed by atoms with E-state index in [9.17, 15) is 4.79 Å². The van der Waals surface area contributed by atoms with Crippen molar-refractivity contribution in [3.05, 3.63) is 34.9 Å². The van der Waals surface area contributed by atoms with Crippen molar-refractivity contribution in [1.82, 2.24) is 5.32 Å². The first-order valence-corrected chi connectivity index (χ1v) is 7.85. The quantitative estimate of drug-likeness (QED) is 0.829. The predicted molar refractivity (Wildman–Crippen MR) is 78.4 cm³/mol. The van der Waals surface area contributed by atoms with Gasteiger partial charge >= 0.3 is 0 Å². The van der Waals surface area contributed by atoms with E-state index in [-0.39, 0.29) is 11.9 Å². The molecule has 1 aromatic carbocycles. The second-order valence-electron chi connectivity index (χ2n) is 4.89. The van der Waals surface area contributed by atoms with Gasteiger partial charge in [0.1, 0.15) is 0 Å². The molecule has 98 valence electrons. The van der Waals surface area contributed by atoms with Crippen molar-refractivity contribution in [3.8, 4) is 0 Å². The normalized spacial score (nSPS) is 15.2. The molecule has 0 spiro atoms. The maximum absolute atomic E-state index is 12.2. The highest BCUT2D eigenvalue weighted by atomic mass is 79.9. The fourth-order valence-electron chi connectivity index (χ4n) is 2.49. The van der Waals surface area contributed by atoms with E-state index in [1.165, 1.54) is 24.0 Å². The molecule has 1 aromatic rings. The molecule has 1 aliphatic carbocycles. The maximum atomic E-state index is 12.2. The minimum atomic E-state index is 0.0671. The Morgan fingerprint density at radius 1 is 1.39 bits per heavy atom. The topological polar surface area (TPSA) is 29.1 Å². The maximum Gasteiger partial charge on any atom is 0.251 e. The smallest absolute Gasteiger partial charge is 0.251 e. The fourth-order valence-corrected chi connectivity index (χ4v) is 3.04. The summed E-state index contributed by atoms with van der Waals surface area (Å²) in [6.45, 7) is 2.11. The van der Waals surface area contributed by atoms with Gasteiger partial charge in [0, 0.05) is 16.9 Å². The van der Waals surface area contributed by atoms with Gasteiger partial charge in [0.2, 0.25) is 0 Å². The summed E-state index contributed by atoms with van der Waals surface area (Å²) in [5.41, 5.74) is 3.58. The number of benzene rings is 1. The molecule has 1 aliphatic rings. The van der Waals surface area contributed by atoms with Crippen molar-refractivity contribution in [2.75, 3.05) is 5.33 Å². The van der Waals surface area contributed by atoms with Gasteiger partial charge in [0.05, 0.1) is 0 Å². The van der Waals surface area contributed by atoms with Gasteiger partial charge in [-0.25, -0.2) is 0 Å². The molecule has 1 unspecified atom stereocenters. The highest BCUT2D eigenvalue weighted by molar-refractivity contribution is 9.09. The highest BCUT2D eigenvalue weighted by Gasteiger charge is 2.15. The molecule has 18 heavy (non-hydrogen) atoms. The molecule has 0 fully saturated rings. The third-order valence-corrected chi connectivity index (χ3v) is 4.10. The zero-order valence-corrected chi connectivity index (χ0v) is 12.4. The molecule has 1 atom stereocenters. The van der Waals surface area contributed by atoms with Crippen molar-refractivity contribution < 1.29 is 4.79 Å². The van der Waals surface area contributed by atoms with Crippen molar-refractivity contribution in [2.24, 2.45) is 0 Å². The van der Waals surface area contributed by atoms with Crippen LogP contribution < -0.4 is 5.32 Å². The molecule has 2 nitrogen and oxygen atoms in total. The first kappa shape index (κ1) is 13.6. The first-order valence-electron chi connectivity index (χ1n) is 6.73. The summed E-state index contributed by atoms with van der Waals surface area (Å²) in [4.78, 5) is 12.2. The molecule has 2 rings (SSSR count). The van der Waals surface area contributed by atoms with Crippen LogP contribution in [-0.4, -0.2) is 17.3 Å². The number of hydrogen-bond donors (Lipinski definition) is 1. The number of amides is 1. The predicted octanol–water partition coefficient (Wildman–Crippen LogP) is 3.47. The Morgan fingerprint density at radius 2 is 2.17 bits per heavy atom. The zero-order chi connectivity index (χ0) is 13.0. The van der Waals surface area contributed by atoms with Gasteiger partial charge in [-0.3, -0.25) is 4.79 Å². The van der Waals surface area contributed by atoms with Crippen molar-refractivity contribution in [1.29, 1.82) is 0 Å². The van der Waals surface area contributed by atoms with Crippen molar-refractivity contribution in [2.45, 2.75) is 45.1 Å².